The molecule has 30 heavy (non-hydrogen) atoms. The van der Waals surface area contributed by atoms with Gasteiger partial charge in [-0.25, -0.2) is 14.6 Å². The van der Waals surface area contributed by atoms with E-state index in [1.807, 2.05) is 0 Å². The fraction of sp³-hybridized carbons (Fsp3) is 0.789. The van der Waals surface area contributed by atoms with Gasteiger partial charge in [0, 0.05) is 31.9 Å². The van der Waals surface area contributed by atoms with Gasteiger partial charge >= 0.3 is 0 Å². The second kappa shape index (κ2) is 11.2. The van der Waals surface area contributed by atoms with Crippen LogP contribution in [0.25, 0.3) is 11.2 Å². The SMILES string of the molecule is CCCCNc1nc(SCCC)nc2c1nnn2[C@@H]1C[C@H](OCCCO)[C@@H](O)[C@H]1O. The molecule has 2 heterocycles. The number of aromatic nitrogens is 5. The molecule has 2 aromatic rings. The molecule has 4 N–H and O–H groups in total. The Labute approximate surface area is 180 Å². The van der Waals surface area contributed by atoms with Gasteiger partial charge in [-0.05, 0) is 19.3 Å². The van der Waals surface area contributed by atoms with E-state index in [0.29, 0.717) is 41.6 Å². The van der Waals surface area contributed by atoms with Crippen LogP contribution >= 0.6 is 11.8 Å². The summed E-state index contributed by atoms with van der Waals surface area (Å²) in [5.41, 5.74) is 1.09. The summed E-state index contributed by atoms with van der Waals surface area (Å²) in [6.45, 7) is 5.35. The van der Waals surface area contributed by atoms with Crippen molar-refractivity contribution in [2.75, 3.05) is 30.8 Å². The highest BCUT2D eigenvalue weighted by atomic mass is 32.2. The van der Waals surface area contributed by atoms with Crippen molar-refractivity contribution in [2.24, 2.45) is 0 Å². The number of thioether (sulfide) groups is 1. The number of aliphatic hydroxyl groups excluding tert-OH is 3. The number of rotatable bonds is 12. The van der Waals surface area contributed by atoms with Crippen molar-refractivity contribution in [1.29, 1.82) is 0 Å². The fourth-order valence-corrected chi connectivity index (χ4v) is 4.17. The van der Waals surface area contributed by atoms with E-state index >= 15 is 0 Å². The van der Waals surface area contributed by atoms with E-state index in [-0.39, 0.29) is 6.61 Å². The largest absolute Gasteiger partial charge is 0.396 e. The minimum atomic E-state index is -1.05. The highest BCUT2D eigenvalue weighted by molar-refractivity contribution is 7.99. The van der Waals surface area contributed by atoms with Crippen molar-refractivity contribution in [3.8, 4) is 0 Å². The fourth-order valence-electron chi connectivity index (χ4n) is 3.47. The maximum Gasteiger partial charge on any atom is 0.191 e. The van der Waals surface area contributed by atoms with Crippen LogP contribution in [0.2, 0.25) is 0 Å². The smallest absolute Gasteiger partial charge is 0.191 e. The average Bonchev–Trinajstić information content (AvgIpc) is 3.29. The molecule has 1 saturated carbocycles. The van der Waals surface area contributed by atoms with Crippen LogP contribution in [0, 0.1) is 0 Å². The van der Waals surface area contributed by atoms with Crippen LogP contribution in [0.3, 0.4) is 0 Å². The Balaban J connectivity index is 1.88. The molecule has 0 aliphatic heterocycles. The molecule has 1 aliphatic rings. The number of unbranched alkanes of at least 4 members (excludes halogenated alkanes) is 1. The van der Waals surface area contributed by atoms with Gasteiger partial charge in [-0.1, -0.05) is 37.2 Å². The first kappa shape index (κ1) is 23.1. The zero-order valence-corrected chi connectivity index (χ0v) is 18.4. The van der Waals surface area contributed by atoms with Crippen LogP contribution in [0.15, 0.2) is 5.16 Å². The molecule has 2 aromatic heterocycles. The molecule has 0 spiro atoms. The zero-order chi connectivity index (χ0) is 21.5. The molecule has 0 radical (unpaired) electrons. The minimum Gasteiger partial charge on any atom is -0.396 e. The third-order valence-corrected chi connectivity index (χ3v) is 6.16. The first-order valence-electron chi connectivity index (χ1n) is 10.7. The summed E-state index contributed by atoms with van der Waals surface area (Å²) in [7, 11) is 0. The van der Waals surface area contributed by atoms with Crippen LogP contribution in [0.4, 0.5) is 5.82 Å². The van der Waals surface area contributed by atoms with Gasteiger partial charge < -0.3 is 25.4 Å². The molecule has 3 rings (SSSR count). The van der Waals surface area contributed by atoms with E-state index < -0.39 is 24.4 Å². The Hall–Kier alpha value is -1.53. The van der Waals surface area contributed by atoms with Crippen molar-refractivity contribution in [2.45, 2.75) is 75.5 Å². The van der Waals surface area contributed by atoms with Gasteiger partial charge in [0.1, 0.15) is 12.2 Å². The second-order valence-electron chi connectivity index (χ2n) is 7.46. The zero-order valence-electron chi connectivity index (χ0n) is 17.6. The van der Waals surface area contributed by atoms with E-state index in [9.17, 15) is 10.2 Å². The van der Waals surface area contributed by atoms with Crippen molar-refractivity contribution < 1.29 is 20.1 Å². The number of nitrogens with zero attached hydrogens (tertiary/aromatic N) is 5. The van der Waals surface area contributed by atoms with Gasteiger partial charge in [0.2, 0.25) is 0 Å². The lowest BCUT2D eigenvalue weighted by atomic mass is 10.2. The van der Waals surface area contributed by atoms with Gasteiger partial charge in [0.15, 0.2) is 22.1 Å². The minimum absolute atomic E-state index is 0.0193. The summed E-state index contributed by atoms with van der Waals surface area (Å²) in [6.07, 6.45) is 1.32. The molecule has 0 saturated heterocycles. The topological polar surface area (TPSA) is 138 Å². The Kier molecular flexibility index (Phi) is 8.63. The van der Waals surface area contributed by atoms with Gasteiger partial charge in [-0.2, -0.15) is 0 Å². The molecule has 0 aromatic carbocycles. The summed E-state index contributed by atoms with van der Waals surface area (Å²) < 4.78 is 7.24. The van der Waals surface area contributed by atoms with E-state index in [1.165, 1.54) is 0 Å². The molecule has 1 fully saturated rings. The Bertz CT molecular complexity index is 807. The quantitative estimate of drug-likeness (QED) is 0.217. The summed E-state index contributed by atoms with van der Waals surface area (Å²) in [6, 6.07) is -0.508. The Morgan fingerprint density at radius 3 is 2.73 bits per heavy atom. The van der Waals surface area contributed by atoms with Gasteiger partial charge in [-0.15, -0.1) is 5.10 Å². The summed E-state index contributed by atoms with van der Waals surface area (Å²) in [5, 5.41) is 42.5. The summed E-state index contributed by atoms with van der Waals surface area (Å²) in [4.78, 5) is 9.26. The van der Waals surface area contributed by atoms with Gasteiger partial charge in [0.05, 0.1) is 12.1 Å². The number of fused-ring (bicyclic) bond motifs is 1. The highest BCUT2D eigenvalue weighted by Gasteiger charge is 2.44. The molecular weight excluding hydrogens is 408 g/mol. The third-order valence-electron chi connectivity index (χ3n) is 5.11. The lowest BCUT2D eigenvalue weighted by Gasteiger charge is -2.17. The number of hydrogen-bond donors (Lipinski definition) is 4. The summed E-state index contributed by atoms with van der Waals surface area (Å²) >= 11 is 1.57. The standard InChI is InChI=1S/C19H32N6O4S/c1-3-5-7-20-17-14-18(22-19(21-17)30-10-4-2)25(24-23-14)12-11-13(16(28)15(12)27)29-9-6-8-26/h12-13,15-16,26-28H,3-11H2,1-2H3,(H,20,21,22)/t12-,13+,15+,16-/m1/s1. The predicted octanol–water partition coefficient (Wildman–Crippen LogP) is 1.37. The Morgan fingerprint density at radius 2 is 2.00 bits per heavy atom. The molecule has 4 atom stereocenters. The predicted molar refractivity (Wildman–Crippen MR) is 115 cm³/mol. The number of nitrogens with one attached hydrogen (secondary N) is 1. The van der Waals surface area contributed by atoms with Crippen LogP contribution < -0.4 is 5.32 Å². The Morgan fingerprint density at radius 1 is 1.17 bits per heavy atom. The van der Waals surface area contributed by atoms with E-state index in [0.717, 1.165) is 31.6 Å². The van der Waals surface area contributed by atoms with Crippen LogP contribution in [-0.2, 0) is 4.74 Å². The number of anilines is 1. The number of aliphatic hydroxyl groups is 3. The van der Waals surface area contributed by atoms with Gasteiger partial charge in [-0.3, -0.25) is 0 Å². The molecule has 0 bridgehead atoms. The van der Waals surface area contributed by atoms with Crippen LogP contribution in [0.5, 0.6) is 0 Å². The third kappa shape index (κ3) is 5.20. The molecule has 168 valence electrons. The lowest BCUT2D eigenvalue weighted by molar-refractivity contribution is -0.0586. The lowest BCUT2D eigenvalue weighted by Crippen LogP contribution is -2.33. The van der Waals surface area contributed by atoms with Crippen LogP contribution in [-0.4, -0.2) is 84.1 Å². The monoisotopic (exact) mass is 440 g/mol. The number of ether oxygens (including phenoxy) is 1. The van der Waals surface area contributed by atoms with Crippen molar-refractivity contribution in [3.05, 3.63) is 0 Å². The molecule has 0 unspecified atom stereocenters. The highest BCUT2D eigenvalue weighted by Crippen LogP contribution is 2.35. The van der Waals surface area contributed by atoms with Crippen molar-refractivity contribution in [3.63, 3.8) is 0 Å². The van der Waals surface area contributed by atoms with Crippen LogP contribution in [0.1, 0.15) is 52.0 Å². The van der Waals surface area contributed by atoms with E-state index in [2.05, 4.69) is 39.4 Å². The van der Waals surface area contributed by atoms with E-state index in [1.54, 1.807) is 16.4 Å². The van der Waals surface area contributed by atoms with Crippen molar-refractivity contribution in [1.82, 2.24) is 25.0 Å². The molecule has 1 aliphatic carbocycles. The average molecular weight is 441 g/mol. The second-order valence-corrected chi connectivity index (χ2v) is 8.52. The maximum absolute atomic E-state index is 10.6. The van der Waals surface area contributed by atoms with Gasteiger partial charge in [0.25, 0.3) is 0 Å². The first-order chi connectivity index (χ1) is 14.6. The molecule has 11 heteroatoms. The molecule has 10 nitrogen and oxygen atoms in total. The first-order valence-corrected chi connectivity index (χ1v) is 11.7. The maximum atomic E-state index is 10.6. The summed E-state index contributed by atoms with van der Waals surface area (Å²) in [5.74, 6) is 1.54. The normalized spacial score (nSPS) is 24.0. The number of hydrogen-bond acceptors (Lipinski definition) is 10. The van der Waals surface area contributed by atoms with E-state index in [4.69, 9.17) is 9.84 Å². The molecular formula is C19H32N6O4S. The molecule has 0 amide bonds. The van der Waals surface area contributed by atoms with Crippen molar-refractivity contribution >= 4 is 28.7 Å².